The van der Waals surface area contributed by atoms with Crippen LogP contribution >= 0.6 is 0 Å². The highest BCUT2D eigenvalue weighted by Crippen LogP contribution is 2.20. The summed E-state index contributed by atoms with van der Waals surface area (Å²) in [5.41, 5.74) is 2.32. The molecule has 0 saturated heterocycles. The molecule has 23 heavy (non-hydrogen) atoms. The number of benzene rings is 3. The Morgan fingerprint density at radius 2 is 1.04 bits per heavy atom. The van der Waals surface area contributed by atoms with Gasteiger partial charge in [0.05, 0.1) is 4.90 Å². The summed E-state index contributed by atoms with van der Waals surface area (Å²) in [5.74, 6) is 0. The number of anilines is 3. The Morgan fingerprint density at radius 1 is 0.565 bits per heavy atom. The van der Waals surface area contributed by atoms with Crippen molar-refractivity contribution in [3.8, 4) is 0 Å². The molecule has 0 radical (unpaired) electrons. The number of rotatable bonds is 5. The minimum atomic E-state index is -3.58. The zero-order chi connectivity index (χ0) is 16.1. The maximum Gasteiger partial charge on any atom is 0.261 e. The van der Waals surface area contributed by atoms with Crippen molar-refractivity contribution >= 4 is 27.1 Å². The molecule has 0 heterocycles. The topological polar surface area (TPSA) is 58.2 Å². The summed E-state index contributed by atoms with van der Waals surface area (Å²) in [5, 5.41) is 3.22. The van der Waals surface area contributed by atoms with Gasteiger partial charge in [-0.15, -0.1) is 0 Å². The van der Waals surface area contributed by atoms with Crippen molar-refractivity contribution in [1.82, 2.24) is 0 Å². The van der Waals surface area contributed by atoms with E-state index in [1.807, 2.05) is 36.4 Å². The summed E-state index contributed by atoms with van der Waals surface area (Å²) in [7, 11) is -3.58. The van der Waals surface area contributed by atoms with Crippen LogP contribution in [0, 0.1) is 0 Å². The molecule has 0 aliphatic carbocycles. The zero-order valence-electron chi connectivity index (χ0n) is 12.3. The molecule has 5 heteroatoms. The number of hydrogen-bond acceptors (Lipinski definition) is 3. The van der Waals surface area contributed by atoms with Crippen molar-refractivity contribution in [2.45, 2.75) is 4.90 Å². The predicted octanol–water partition coefficient (Wildman–Crippen LogP) is 4.23. The van der Waals surface area contributed by atoms with E-state index in [0.29, 0.717) is 5.69 Å². The quantitative estimate of drug-likeness (QED) is 0.738. The molecule has 2 N–H and O–H groups in total. The molecule has 0 amide bonds. The van der Waals surface area contributed by atoms with E-state index in [-0.39, 0.29) is 4.90 Å². The molecule has 0 fully saturated rings. The lowest BCUT2D eigenvalue weighted by Gasteiger charge is -2.10. The molecule has 0 bridgehead atoms. The Balaban J connectivity index is 1.76. The highest BCUT2D eigenvalue weighted by Gasteiger charge is 2.13. The molecule has 0 atom stereocenters. The SMILES string of the molecule is O=S(=O)(Nc1ccccc1)c1ccc(Nc2ccccc2)cc1. The zero-order valence-corrected chi connectivity index (χ0v) is 13.1. The third-order valence-corrected chi connectivity index (χ3v) is 4.65. The van der Waals surface area contributed by atoms with Crippen LogP contribution in [0.4, 0.5) is 17.1 Å². The Bertz CT molecular complexity index is 862. The van der Waals surface area contributed by atoms with Gasteiger partial charge in [-0.1, -0.05) is 36.4 Å². The molecule has 116 valence electrons. The van der Waals surface area contributed by atoms with E-state index in [4.69, 9.17) is 0 Å². The van der Waals surface area contributed by atoms with Crippen molar-refractivity contribution in [2.75, 3.05) is 10.0 Å². The smallest absolute Gasteiger partial charge is 0.261 e. The summed E-state index contributed by atoms with van der Waals surface area (Å²) in [6.45, 7) is 0. The van der Waals surface area contributed by atoms with Gasteiger partial charge in [0.2, 0.25) is 0 Å². The molecule has 0 aromatic heterocycles. The van der Waals surface area contributed by atoms with Gasteiger partial charge in [-0.05, 0) is 48.5 Å². The largest absolute Gasteiger partial charge is 0.356 e. The molecule has 3 rings (SSSR count). The van der Waals surface area contributed by atoms with E-state index in [9.17, 15) is 8.42 Å². The summed E-state index contributed by atoms with van der Waals surface area (Å²) in [4.78, 5) is 0.222. The maximum absolute atomic E-state index is 12.3. The fourth-order valence-corrected chi connectivity index (χ4v) is 3.18. The van der Waals surface area contributed by atoms with Crippen LogP contribution in [0.3, 0.4) is 0 Å². The van der Waals surface area contributed by atoms with Crippen LogP contribution in [-0.4, -0.2) is 8.42 Å². The molecule has 3 aromatic carbocycles. The van der Waals surface area contributed by atoms with E-state index in [0.717, 1.165) is 11.4 Å². The van der Waals surface area contributed by atoms with Gasteiger partial charge < -0.3 is 5.32 Å². The van der Waals surface area contributed by atoms with Crippen molar-refractivity contribution < 1.29 is 8.42 Å². The first-order valence-corrected chi connectivity index (χ1v) is 8.62. The van der Waals surface area contributed by atoms with E-state index in [1.165, 1.54) is 0 Å². The predicted molar refractivity (Wildman–Crippen MR) is 93.4 cm³/mol. The molecule has 0 aliphatic heterocycles. The van der Waals surface area contributed by atoms with E-state index < -0.39 is 10.0 Å². The van der Waals surface area contributed by atoms with Crippen LogP contribution in [0.25, 0.3) is 0 Å². The Labute approximate surface area is 135 Å². The molecule has 0 spiro atoms. The van der Waals surface area contributed by atoms with Crippen LogP contribution in [0.1, 0.15) is 0 Å². The van der Waals surface area contributed by atoms with E-state index in [2.05, 4.69) is 10.0 Å². The van der Waals surface area contributed by atoms with Crippen molar-refractivity contribution in [1.29, 1.82) is 0 Å². The Hall–Kier alpha value is -2.79. The third-order valence-electron chi connectivity index (χ3n) is 3.25. The van der Waals surface area contributed by atoms with Crippen molar-refractivity contribution in [2.24, 2.45) is 0 Å². The minimum absolute atomic E-state index is 0.222. The highest BCUT2D eigenvalue weighted by atomic mass is 32.2. The van der Waals surface area contributed by atoms with Crippen LogP contribution in [-0.2, 0) is 10.0 Å². The third kappa shape index (κ3) is 3.90. The summed E-state index contributed by atoms with van der Waals surface area (Å²) in [6.07, 6.45) is 0. The van der Waals surface area contributed by atoms with Gasteiger partial charge in [-0.25, -0.2) is 8.42 Å². The second-order valence-corrected chi connectivity index (χ2v) is 6.67. The molecule has 0 aliphatic rings. The second kappa shape index (κ2) is 6.54. The molecular formula is C18H16N2O2S. The van der Waals surface area contributed by atoms with Gasteiger partial charge in [-0.2, -0.15) is 0 Å². The number of nitrogens with one attached hydrogen (secondary N) is 2. The average molecular weight is 324 g/mol. The first-order chi connectivity index (χ1) is 11.1. The van der Waals surface area contributed by atoms with Crippen molar-refractivity contribution in [3.63, 3.8) is 0 Å². The number of hydrogen-bond donors (Lipinski definition) is 2. The van der Waals surface area contributed by atoms with E-state index >= 15 is 0 Å². The van der Waals surface area contributed by atoms with Crippen LogP contribution in [0.5, 0.6) is 0 Å². The fourth-order valence-electron chi connectivity index (χ4n) is 2.13. The summed E-state index contributed by atoms with van der Waals surface area (Å²) >= 11 is 0. The fraction of sp³-hybridized carbons (Fsp3) is 0. The lowest BCUT2D eigenvalue weighted by molar-refractivity contribution is 0.601. The first kappa shape index (κ1) is 15.1. The number of sulfonamides is 1. The Morgan fingerprint density at radius 3 is 1.61 bits per heavy atom. The lowest BCUT2D eigenvalue weighted by atomic mass is 10.3. The number of para-hydroxylation sites is 2. The van der Waals surface area contributed by atoms with Gasteiger partial charge >= 0.3 is 0 Å². The van der Waals surface area contributed by atoms with Crippen molar-refractivity contribution in [3.05, 3.63) is 84.9 Å². The molecule has 3 aromatic rings. The van der Waals surface area contributed by atoms with Crippen LogP contribution in [0.2, 0.25) is 0 Å². The summed E-state index contributed by atoms with van der Waals surface area (Å²) in [6, 6.07) is 25.2. The minimum Gasteiger partial charge on any atom is -0.356 e. The monoisotopic (exact) mass is 324 g/mol. The van der Waals surface area contributed by atoms with Gasteiger partial charge in [-0.3, -0.25) is 4.72 Å². The molecule has 0 saturated carbocycles. The van der Waals surface area contributed by atoms with Gasteiger partial charge in [0.25, 0.3) is 10.0 Å². The molecule has 4 nitrogen and oxygen atoms in total. The normalized spacial score (nSPS) is 11.0. The highest BCUT2D eigenvalue weighted by molar-refractivity contribution is 7.92. The lowest BCUT2D eigenvalue weighted by Crippen LogP contribution is -2.12. The van der Waals surface area contributed by atoms with Crippen LogP contribution < -0.4 is 10.0 Å². The second-order valence-electron chi connectivity index (χ2n) is 4.99. The molecular weight excluding hydrogens is 308 g/mol. The summed E-state index contributed by atoms with van der Waals surface area (Å²) < 4.78 is 27.2. The Kier molecular flexibility index (Phi) is 4.30. The first-order valence-electron chi connectivity index (χ1n) is 7.13. The van der Waals surface area contributed by atoms with Gasteiger partial charge in [0.1, 0.15) is 0 Å². The van der Waals surface area contributed by atoms with Crippen LogP contribution in [0.15, 0.2) is 89.8 Å². The average Bonchev–Trinajstić information content (AvgIpc) is 2.57. The van der Waals surface area contributed by atoms with E-state index in [1.54, 1.807) is 48.5 Å². The standard InChI is InChI=1S/C18H16N2O2S/c21-23(22,20-17-9-5-2-6-10-17)18-13-11-16(12-14-18)19-15-7-3-1-4-8-15/h1-14,19-20H. The van der Waals surface area contributed by atoms with Gasteiger partial charge in [0.15, 0.2) is 0 Å². The maximum atomic E-state index is 12.3. The van der Waals surface area contributed by atoms with Gasteiger partial charge in [0, 0.05) is 17.1 Å². The molecule has 0 unspecified atom stereocenters.